The van der Waals surface area contributed by atoms with Crippen molar-refractivity contribution in [3.63, 3.8) is 0 Å². The van der Waals surface area contributed by atoms with Crippen LogP contribution in [0.2, 0.25) is 0 Å². The number of aromatic nitrogens is 1. The van der Waals surface area contributed by atoms with Crippen molar-refractivity contribution in [3.05, 3.63) is 41.8 Å². The van der Waals surface area contributed by atoms with Gasteiger partial charge in [-0.1, -0.05) is 6.07 Å². The molecule has 3 heteroatoms. The first-order valence-electron chi connectivity index (χ1n) is 4.40. The Morgan fingerprint density at radius 3 is 2.43 bits per heavy atom. The van der Waals surface area contributed by atoms with E-state index in [2.05, 4.69) is 11.1 Å². The van der Waals surface area contributed by atoms with Gasteiger partial charge in [0, 0.05) is 0 Å². The minimum Gasteiger partial charge on any atom is -0.417 e. The third kappa shape index (κ3) is 1.93. The van der Waals surface area contributed by atoms with Crippen LogP contribution in [0.5, 0.6) is 11.8 Å². The predicted molar refractivity (Wildman–Crippen MR) is 52.5 cm³/mol. The van der Waals surface area contributed by atoms with Gasteiger partial charge in [-0.25, -0.2) is 0 Å². The van der Waals surface area contributed by atoms with Gasteiger partial charge in [0.05, 0.1) is 6.20 Å². The third-order valence-electron chi connectivity index (χ3n) is 1.81. The molecular weight excluding hydrogens is 178 g/mol. The summed E-state index contributed by atoms with van der Waals surface area (Å²) in [5, 5.41) is 0. The van der Waals surface area contributed by atoms with Crippen LogP contribution in [0.25, 0.3) is 0 Å². The lowest BCUT2D eigenvalue weighted by Crippen LogP contribution is -1.86. The largest absolute Gasteiger partial charge is 0.417 e. The van der Waals surface area contributed by atoms with Gasteiger partial charge in [-0.15, -0.1) is 0 Å². The molecule has 0 aliphatic heterocycles. The molecule has 0 aliphatic rings. The number of rotatable bonds is 2. The van der Waals surface area contributed by atoms with E-state index in [1.807, 2.05) is 26.0 Å². The van der Waals surface area contributed by atoms with Crippen molar-refractivity contribution in [1.82, 2.24) is 4.98 Å². The lowest BCUT2D eigenvalue weighted by molar-refractivity contribution is 0.330. The van der Waals surface area contributed by atoms with Crippen LogP contribution in [0, 0.1) is 13.8 Å². The van der Waals surface area contributed by atoms with Gasteiger partial charge >= 0.3 is 6.08 Å². The highest BCUT2D eigenvalue weighted by Crippen LogP contribution is 2.21. The Morgan fingerprint density at radius 1 is 1.14 bits per heavy atom. The van der Waals surface area contributed by atoms with Crippen molar-refractivity contribution in [1.29, 1.82) is 0 Å². The summed E-state index contributed by atoms with van der Waals surface area (Å²) in [7, 11) is 0. The second kappa shape index (κ2) is 3.54. The third-order valence-corrected chi connectivity index (χ3v) is 1.81. The second-order valence-corrected chi connectivity index (χ2v) is 3.22. The van der Waals surface area contributed by atoms with Crippen LogP contribution in [0.15, 0.2) is 35.1 Å². The summed E-state index contributed by atoms with van der Waals surface area (Å²) in [6.07, 6.45) is 3.31. The molecule has 1 heterocycles. The monoisotopic (exact) mass is 189 g/mol. The number of hydrogen-bond donors (Lipinski definition) is 0. The Morgan fingerprint density at radius 2 is 1.86 bits per heavy atom. The normalized spacial score (nSPS) is 10.1. The van der Waals surface area contributed by atoms with Crippen molar-refractivity contribution < 1.29 is 9.15 Å². The molecule has 0 spiro atoms. The maximum Gasteiger partial charge on any atom is 0.399 e. The molecule has 1 aromatic carbocycles. The van der Waals surface area contributed by atoms with Crippen LogP contribution in [-0.4, -0.2) is 4.98 Å². The maximum absolute atomic E-state index is 5.40. The highest BCUT2D eigenvalue weighted by atomic mass is 16.6. The summed E-state index contributed by atoms with van der Waals surface area (Å²) in [6, 6.07) is 5.97. The van der Waals surface area contributed by atoms with Gasteiger partial charge in [-0.3, -0.25) is 0 Å². The number of oxazole rings is 1. The maximum atomic E-state index is 5.40. The van der Waals surface area contributed by atoms with E-state index in [1.54, 1.807) is 6.20 Å². The molecule has 3 nitrogen and oxygen atoms in total. The van der Waals surface area contributed by atoms with Crippen molar-refractivity contribution in [2.75, 3.05) is 0 Å². The fourth-order valence-corrected chi connectivity index (χ4v) is 1.35. The molecule has 0 fully saturated rings. The SMILES string of the molecule is Cc1cc(C)cc(Oc2ncco2)c1. The first-order valence-corrected chi connectivity index (χ1v) is 4.40. The van der Waals surface area contributed by atoms with Crippen molar-refractivity contribution >= 4 is 0 Å². The summed E-state index contributed by atoms with van der Waals surface area (Å²) in [4.78, 5) is 3.88. The average molecular weight is 189 g/mol. The minimum atomic E-state index is 0.273. The molecule has 0 bridgehead atoms. The van der Waals surface area contributed by atoms with Gasteiger partial charge in [0.1, 0.15) is 12.0 Å². The van der Waals surface area contributed by atoms with Gasteiger partial charge < -0.3 is 9.15 Å². The average Bonchev–Trinajstić information content (AvgIpc) is 2.54. The van der Waals surface area contributed by atoms with E-state index in [-0.39, 0.29) is 6.08 Å². The van der Waals surface area contributed by atoms with E-state index >= 15 is 0 Å². The molecule has 14 heavy (non-hydrogen) atoms. The molecule has 2 aromatic rings. The fraction of sp³-hybridized carbons (Fsp3) is 0.182. The highest BCUT2D eigenvalue weighted by Gasteiger charge is 2.01. The van der Waals surface area contributed by atoms with Crippen LogP contribution >= 0.6 is 0 Å². The zero-order valence-corrected chi connectivity index (χ0v) is 8.15. The molecular formula is C11H11NO2. The van der Waals surface area contributed by atoms with Gasteiger partial charge in [0.25, 0.3) is 0 Å². The quantitative estimate of drug-likeness (QED) is 0.728. The van der Waals surface area contributed by atoms with Crippen molar-refractivity contribution in [2.24, 2.45) is 0 Å². The molecule has 0 unspecified atom stereocenters. The summed E-state index contributed by atoms with van der Waals surface area (Å²) in [5.41, 5.74) is 2.32. The topological polar surface area (TPSA) is 35.3 Å². The van der Waals surface area contributed by atoms with Gasteiger partial charge in [0.2, 0.25) is 0 Å². The molecule has 0 saturated carbocycles. The van der Waals surface area contributed by atoms with Gasteiger partial charge in [-0.2, -0.15) is 4.98 Å². The van der Waals surface area contributed by atoms with Crippen molar-refractivity contribution in [3.8, 4) is 11.8 Å². The van der Waals surface area contributed by atoms with Crippen LogP contribution in [0.3, 0.4) is 0 Å². The number of ether oxygens (including phenoxy) is 1. The zero-order valence-electron chi connectivity index (χ0n) is 8.15. The standard InChI is InChI=1S/C11H11NO2/c1-8-5-9(2)7-10(6-8)14-11-12-3-4-13-11/h3-7H,1-2H3. The van der Waals surface area contributed by atoms with E-state index < -0.39 is 0 Å². The number of nitrogens with zero attached hydrogens (tertiary/aromatic N) is 1. The Labute approximate surface area is 82.3 Å². The first-order chi connectivity index (χ1) is 6.74. The summed E-state index contributed by atoms with van der Waals surface area (Å²) in [6.45, 7) is 4.05. The van der Waals surface area contributed by atoms with E-state index in [9.17, 15) is 0 Å². The minimum absolute atomic E-state index is 0.273. The molecule has 2 rings (SSSR count). The van der Waals surface area contributed by atoms with Crippen LogP contribution in [-0.2, 0) is 0 Å². The molecule has 0 atom stereocenters. The Kier molecular flexibility index (Phi) is 2.23. The molecule has 0 radical (unpaired) electrons. The van der Waals surface area contributed by atoms with E-state index in [0.29, 0.717) is 0 Å². The highest BCUT2D eigenvalue weighted by molar-refractivity contribution is 5.34. The summed E-state index contributed by atoms with van der Waals surface area (Å²) >= 11 is 0. The van der Waals surface area contributed by atoms with Gasteiger partial charge in [-0.05, 0) is 37.1 Å². The lowest BCUT2D eigenvalue weighted by Gasteiger charge is -2.03. The first kappa shape index (κ1) is 8.81. The predicted octanol–water partition coefficient (Wildman–Crippen LogP) is 3.08. The summed E-state index contributed by atoms with van der Waals surface area (Å²) < 4.78 is 10.4. The second-order valence-electron chi connectivity index (χ2n) is 3.22. The number of hydrogen-bond acceptors (Lipinski definition) is 3. The Bertz CT molecular complexity index is 401. The summed E-state index contributed by atoms with van der Waals surface area (Å²) in [5.74, 6) is 0.755. The number of aryl methyl sites for hydroxylation is 2. The van der Waals surface area contributed by atoms with Gasteiger partial charge in [0.15, 0.2) is 0 Å². The van der Waals surface area contributed by atoms with E-state index in [4.69, 9.17) is 9.15 Å². The van der Waals surface area contributed by atoms with Crippen LogP contribution in [0.4, 0.5) is 0 Å². The van der Waals surface area contributed by atoms with Crippen LogP contribution in [0.1, 0.15) is 11.1 Å². The Hall–Kier alpha value is -1.77. The molecule has 72 valence electrons. The zero-order chi connectivity index (χ0) is 9.97. The lowest BCUT2D eigenvalue weighted by atomic mass is 10.1. The van der Waals surface area contributed by atoms with Crippen molar-refractivity contribution in [2.45, 2.75) is 13.8 Å². The van der Waals surface area contributed by atoms with Crippen LogP contribution < -0.4 is 4.74 Å². The smallest absolute Gasteiger partial charge is 0.399 e. The molecule has 0 aliphatic carbocycles. The van der Waals surface area contributed by atoms with E-state index in [1.165, 1.54) is 6.26 Å². The fourth-order valence-electron chi connectivity index (χ4n) is 1.35. The molecule has 0 amide bonds. The molecule has 0 N–H and O–H groups in total. The molecule has 0 saturated heterocycles. The molecule has 1 aromatic heterocycles. The van der Waals surface area contributed by atoms with E-state index in [0.717, 1.165) is 16.9 Å². The number of benzene rings is 1. The Balaban J connectivity index is 2.25.